The Bertz CT molecular complexity index is 1210. The summed E-state index contributed by atoms with van der Waals surface area (Å²) in [4.78, 5) is 26.7. The van der Waals surface area contributed by atoms with E-state index in [1.807, 2.05) is 12.5 Å². The first-order chi connectivity index (χ1) is 17.6. The smallest absolute Gasteiger partial charge is 0.229 e. The molecule has 2 N–H and O–H groups in total. The normalized spacial score (nSPS) is 22.8. The average Bonchev–Trinajstić information content (AvgIpc) is 3.53. The summed E-state index contributed by atoms with van der Waals surface area (Å²) in [5.41, 5.74) is 4.37. The standard InChI is InChI=1S/C26H36N10/c1-33-14-26(15-33)16-34(17-26)13-20-7-6-19(12-28-20)30-23-22-24(36(18-29-22)21-4-2-3-5-21)32-25(31-23)35-10-8-27-9-11-35/h6-7,12,18,21,27H,2-5,8-11,13-17H2,1H3,(H,30,31,32). The van der Waals surface area contributed by atoms with E-state index in [0.29, 0.717) is 11.5 Å². The monoisotopic (exact) mass is 488 g/mol. The highest BCUT2D eigenvalue weighted by molar-refractivity contribution is 5.86. The van der Waals surface area contributed by atoms with Crippen LogP contribution in [0.5, 0.6) is 0 Å². The van der Waals surface area contributed by atoms with Crippen LogP contribution < -0.4 is 15.5 Å². The fourth-order valence-electron chi connectivity index (χ4n) is 6.72. The number of fused-ring (bicyclic) bond motifs is 1. The van der Waals surface area contributed by atoms with Crippen molar-refractivity contribution in [1.29, 1.82) is 0 Å². The molecule has 10 heteroatoms. The van der Waals surface area contributed by atoms with Gasteiger partial charge < -0.3 is 25.0 Å². The summed E-state index contributed by atoms with van der Waals surface area (Å²) in [6.45, 7) is 9.49. The molecule has 7 rings (SSSR count). The molecule has 1 spiro atoms. The third kappa shape index (κ3) is 4.10. The van der Waals surface area contributed by atoms with Gasteiger partial charge in [-0.3, -0.25) is 9.88 Å². The topological polar surface area (TPSA) is 90.3 Å². The lowest BCUT2D eigenvalue weighted by Crippen LogP contribution is -2.70. The van der Waals surface area contributed by atoms with Gasteiger partial charge in [-0.15, -0.1) is 0 Å². The number of pyridine rings is 1. The Labute approximate surface area is 212 Å². The number of piperazine rings is 1. The molecular formula is C26H36N10. The highest BCUT2D eigenvalue weighted by Gasteiger charge is 2.50. The summed E-state index contributed by atoms with van der Waals surface area (Å²) < 4.78 is 2.28. The summed E-state index contributed by atoms with van der Waals surface area (Å²) in [6, 6.07) is 4.73. The molecule has 36 heavy (non-hydrogen) atoms. The van der Waals surface area contributed by atoms with Crippen molar-refractivity contribution in [3.05, 3.63) is 30.4 Å². The van der Waals surface area contributed by atoms with Crippen molar-refractivity contribution < 1.29 is 0 Å². The quantitative estimate of drug-likeness (QED) is 0.542. The van der Waals surface area contributed by atoms with E-state index in [2.05, 4.69) is 49.1 Å². The van der Waals surface area contributed by atoms with Crippen LogP contribution >= 0.6 is 0 Å². The van der Waals surface area contributed by atoms with Crippen LogP contribution in [0.25, 0.3) is 11.2 Å². The Morgan fingerprint density at radius 2 is 1.83 bits per heavy atom. The molecule has 0 radical (unpaired) electrons. The Hall–Kier alpha value is -2.82. The van der Waals surface area contributed by atoms with Crippen LogP contribution in [-0.4, -0.2) is 93.7 Å². The van der Waals surface area contributed by atoms with Crippen molar-refractivity contribution in [2.24, 2.45) is 5.41 Å². The maximum absolute atomic E-state index is 5.02. The van der Waals surface area contributed by atoms with Gasteiger partial charge in [-0.1, -0.05) is 12.8 Å². The van der Waals surface area contributed by atoms with Gasteiger partial charge in [0, 0.05) is 70.4 Å². The van der Waals surface area contributed by atoms with E-state index in [9.17, 15) is 0 Å². The van der Waals surface area contributed by atoms with Gasteiger partial charge in [0.1, 0.15) is 0 Å². The molecule has 10 nitrogen and oxygen atoms in total. The number of anilines is 3. The summed E-state index contributed by atoms with van der Waals surface area (Å²) in [7, 11) is 2.21. The number of imidazole rings is 1. The molecule has 3 aliphatic heterocycles. The fourth-order valence-corrected chi connectivity index (χ4v) is 6.72. The van der Waals surface area contributed by atoms with Crippen molar-refractivity contribution >= 4 is 28.6 Å². The Morgan fingerprint density at radius 1 is 1.03 bits per heavy atom. The third-order valence-corrected chi connectivity index (χ3v) is 8.33. The first-order valence-corrected chi connectivity index (χ1v) is 13.5. The predicted molar refractivity (Wildman–Crippen MR) is 141 cm³/mol. The van der Waals surface area contributed by atoms with Crippen LogP contribution in [0.1, 0.15) is 37.4 Å². The maximum atomic E-state index is 5.02. The second-order valence-electron chi connectivity index (χ2n) is 11.4. The van der Waals surface area contributed by atoms with Crippen LogP contribution in [-0.2, 0) is 6.54 Å². The zero-order chi connectivity index (χ0) is 24.1. The second kappa shape index (κ2) is 8.93. The summed E-state index contributed by atoms with van der Waals surface area (Å²) in [5.74, 6) is 1.54. The van der Waals surface area contributed by atoms with E-state index in [0.717, 1.165) is 67.0 Å². The fraction of sp³-hybridized carbons (Fsp3) is 0.615. The maximum Gasteiger partial charge on any atom is 0.229 e. The van der Waals surface area contributed by atoms with Gasteiger partial charge in [-0.05, 0) is 32.0 Å². The largest absolute Gasteiger partial charge is 0.338 e. The molecule has 0 bridgehead atoms. The molecule has 4 aliphatic rings. The minimum atomic E-state index is 0.482. The number of nitrogens with one attached hydrogen (secondary N) is 2. The Morgan fingerprint density at radius 3 is 2.56 bits per heavy atom. The Kier molecular flexibility index (Phi) is 5.55. The summed E-state index contributed by atoms with van der Waals surface area (Å²) in [6.07, 6.45) is 8.83. The Balaban J connectivity index is 1.11. The molecule has 4 fully saturated rings. The molecule has 3 aromatic rings. The predicted octanol–water partition coefficient (Wildman–Crippen LogP) is 2.24. The number of hydrogen-bond donors (Lipinski definition) is 2. The van der Waals surface area contributed by atoms with Crippen LogP contribution in [0.15, 0.2) is 24.7 Å². The summed E-state index contributed by atoms with van der Waals surface area (Å²) in [5, 5.41) is 6.95. The van der Waals surface area contributed by atoms with Gasteiger partial charge in [0.25, 0.3) is 0 Å². The van der Waals surface area contributed by atoms with Gasteiger partial charge >= 0.3 is 0 Å². The molecule has 1 saturated carbocycles. The van der Waals surface area contributed by atoms with Crippen molar-refractivity contribution in [3.63, 3.8) is 0 Å². The molecule has 3 aromatic heterocycles. The van der Waals surface area contributed by atoms with Crippen molar-refractivity contribution in [2.75, 3.05) is 69.6 Å². The van der Waals surface area contributed by atoms with Gasteiger partial charge in [-0.2, -0.15) is 9.97 Å². The number of likely N-dealkylation sites (tertiary alicyclic amines) is 2. The van der Waals surface area contributed by atoms with Crippen molar-refractivity contribution in [3.8, 4) is 0 Å². The molecule has 0 aromatic carbocycles. The average molecular weight is 489 g/mol. The number of hydrogen-bond acceptors (Lipinski definition) is 9. The minimum Gasteiger partial charge on any atom is -0.338 e. The second-order valence-corrected chi connectivity index (χ2v) is 11.4. The van der Waals surface area contributed by atoms with E-state index >= 15 is 0 Å². The minimum absolute atomic E-state index is 0.482. The first kappa shape index (κ1) is 22.4. The lowest BCUT2D eigenvalue weighted by atomic mass is 9.73. The van der Waals surface area contributed by atoms with Crippen LogP contribution in [0, 0.1) is 5.41 Å². The molecular weight excluding hydrogens is 452 g/mol. The molecule has 0 amide bonds. The van der Waals surface area contributed by atoms with Crippen LogP contribution in [0.2, 0.25) is 0 Å². The highest BCUT2D eigenvalue weighted by Crippen LogP contribution is 2.39. The summed E-state index contributed by atoms with van der Waals surface area (Å²) >= 11 is 0. The zero-order valence-electron chi connectivity index (χ0n) is 21.2. The third-order valence-electron chi connectivity index (χ3n) is 8.33. The lowest BCUT2D eigenvalue weighted by Gasteiger charge is -2.59. The van der Waals surface area contributed by atoms with Gasteiger partial charge in [0.05, 0.1) is 23.9 Å². The molecule has 0 unspecified atom stereocenters. The van der Waals surface area contributed by atoms with E-state index in [1.165, 1.54) is 51.9 Å². The molecule has 1 aliphatic carbocycles. The SMILES string of the molecule is CN1CC2(C1)CN(Cc1ccc(Nc3nc(N4CCNCC4)nc4c3ncn4C3CCCC3)cn1)C2. The van der Waals surface area contributed by atoms with E-state index < -0.39 is 0 Å². The zero-order valence-corrected chi connectivity index (χ0v) is 21.2. The highest BCUT2D eigenvalue weighted by atomic mass is 15.3. The van der Waals surface area contributed by atoms with E-state index in [1.54, 1.807) is 0 Å². The van der Waals surface area contributed by atoms with E-state index in [4.69, 9.17) is 19.9 Å². The number of aromatic nitrogens is 5. The molecule has 3 saturated heterocycles. The van der Waals surface area contributed by atoms with Gasteiger partial charge in [0.15, 0.2) is 17.0 Å². The molecule has 0 atom stereocenters. The molecule has 6 heterocycles. The van der Waals surface area contributed by atoms with Gasteiger partial charge in [0.2, 0.25) is 5.95 Å². The van der Waals surface area contributed by atoms with Crippen LogP contribution in [0.3, 0.4) is 0 Å². The number of rotatable bonds is 6. The molecule has 190 valence electrons. The van der Waals surface area contributed by atoms with E-state index in [-0.39, 0.29) is 0 Å². The van der Waals surface area contributed by atoms with Crippen molar-refractivity contribution in [1.82, 2.24) is 39.6 Å². The van der Waals surface area contributed by atoms with Gasteiger partial charge in [-0.25, -0.2) is 4.98 Å². The van der Waals surface area contributed by atoms with Crippen molar-refractivity contribution in [2.45, 2.75) is 38.3 Å². The number of nitrogens with zero attached hydrogens (tertiary/aromatic N) is 8. The lowest BCUT2D eigenvalue weighted by molar-refractivity contribution is -0.108. The first-order valence-electron chi connectivity index (χ1n) is 13.5. The van der Waals surface area contributed by atoms with Crippen LogP contribution in [0.4, 0.5) is 17.5 Å².